The molecule has 1 atom stereocenters. The lowest BCUT2D eigenvalue weighted by Gasteiger charge is -2.10. The van der Waals surface area contributed by atoms with Crippen LogP contribution in [0.2, 0.25) is 5.02 Å². The molecule has 0 aliphatic heterocycles. The molecule has 1 heterocycles. The van der Waals surface area contributed by atoms with E-state index < -0.39 is 0 Å². The molecule has 1 aromatic heterocycles. The Morgan fingerprint density at radius 3 is 2.89 bits per heavy atom. The van der Waals surface area contributed by atoms with E-state index in [1.165, 1.54) is 0 Å². The molecular formula is C15H17ClN2O. The van der Waals surface area contributed by atoms with E-state index in [2.05, 4.69) is 24.1 Å². The molecule has 100 valence electrons. The predicted molar refractivity (Wildman–Crippen MR) is 78.5 cm³/mol. The van der Waals surface area contributed by atoms with Crippen molar-refractivity contribution in [2.75, 3.05) is 6.54 Å². The molecule has 0 bridgehead atoms. The first-order valence-corrected chi connectivity index (χ1v) is 6.83. The number of pyridine rings is 1. The van der Waals surface area contributed by atoms with E-state index in [-0.39, 0.29) is 5.91 Å². The molecule has 1 aromatic carbocycles. The fourth-order valence-corrected chi connectivity index (χ4v) is 2.01. The van der Waals surface area contributed by atoms with Gasteiger partial charge in [-0.1, -0.05) is 50.1 Å². The highest BCUT2D eigenvalue weighted by Crippen LogP contribution is 2.22. The van der Waals surface area contributed by atoms with Gasteiger partial charge in [-0.05, 0) is 18.1 Å². The van der Waals surface area contributed by atoms with E-state index in [4.69, 9.17) is 11.6 Å². The van der Waals surface area contributed by atoms with Crippen molar-refractivity contribution in [3.8, 4) is 0 Å². The number of fused-ring (bicyclic) bond motifs is 1. The van der Waals surface area contributed by atoms with Crippen molar-refractivity contribution in [2.45, 2.75) is 20.3 Å². The number of carbonyl (C=O) groups excluding carboxylic acids is 1. The largest absolute Gasteiger partial charge is 0.350 e. The molecule has 2 rings (SSSR count). The third kappa shape index (κ3) is 3.24. The second-order valence-electron chi connectivity index (χ2n) is 4.73. The van der Waals surface area contributed by atoms with Crippen molar-refractivity contribution in [3.63, 3.8) is 0 Å². The highest BCUT2D eigenvalue weighted by Gasteiger charge is 2.11. The lowest BCUT2D eigenvalue weighted by atomic mass is 10.1. The highest BCUT2D eigenvalue weighted by atomic mass is 35.5. The Bertz CT molecular complexity index is 598. The highest BCUT2D eigenvalue weighted by molar-refractivity contribution is 6.35. The second-order valence-corrected chi connectivity index (χ2v) is 5.14. The van der Waals surface area contributed by atoms with Gasteiger partial charge in [0, 0.05) is 11.9 Å². The Kier molecular flexibility index (Phi) is 4.38. The van der Waals surface area contributed by atoms with Crippen LogP contribution in [-0.2, 0) is 0 Å². The summed E-state index contributed by atoms with van der Waals surface area (Å²) in [5.74, 6) is 0.285. The van der Waals surface area contributed by atoms with Crippen LogP contribution in [0.3, 0.4) is 0 Å². The van der Waals surface area contributed by atoms with Crippen molar-refractivity contribution in [1.29, 1.82) is 0 Å². The fourth-order valence-electron chi connectivity index (χ4n) is 1.75. The van der Waals surface area contributed by atoms with Crippen LogP contribution in [0.1, 0.15) is 30.8 Å². The van der Waals surface area contributed by atoms with E-state index in [9.17, 15) is 4.79 Å². The fraction of sp³-hybridized carbons (Fsp3) is 0.333. The molecule has 1 N–H and O–H groups in total. The van der Waals surface area contributed by atoms with Gasteiger partial charge in [-0.15, -0.1) is 0 Å². The Labute approximate surface area is 118 Å². The van der Waals surface area contributed by atoms with Crippen LogP contribution in [0, 0.1) is 5.92 Å². The van der Waals surface area contributed by atoms with Gasteiger partial charge in [0.25, 0.3) is 5.91 Å². The number of nitrogens with zero attached hydrogens (tertiary/aromatic N) is 1. The summed E-state index contributed by atoms with van der Waals surface area (Å²) in [7, 11) is 0. The lowest BCUT2D eigenvalue weighted by molar-refractivity contribution is 0.0943. The van der Waals surface area contributed by atoms with E-state index >= 15 is 0 Å². The quantitative estimate of drug-likeness (QED) is 0.926. The van der Waals surface area contributed by atoms with Gasteiger partial charge in [0.1, 0.15) is 5.69 Å². The van der Waals surface area contributed by atoms with E-state index in [0.29, 0.717) is 23.2 Å². The standard InChI is InChI=1S/C15H17ClN2O/c1-3-10(2)9-17-15(19)14-8-12(16)11-6-4-5-7-13(11)18-14/h4-8,10H,3,9H2,1-2H3,(H,17,19). The Morgan fingerprint density at radius 2 is 2.16 bits per heavy atom. The summed E-state index contributed by atoms with van der Waals surface area (Å²) in [5, 5.41) is 4.30. The third-order valence-corrected chi connectivity index (χ3v) is 3.52. The normalized spacial score (nSPS) is 12.4. The van der Waals surface area contributed by atoms with Crippen molar-refractivity contribution >= 4 is 28.4 Å². The summed E-state index contributed by atoms with van der Waals surface area (Å²) in [6, 6.07) is 9.15. The molecule has 1 unspecified atom stereocenters. The first-order chi connectivity index (χ1) is 9.11. The zero-order valence-corrected chi connectivity index (χ0v) is 11.9. The van der Waals surface area contributed by atoms with Gasteiger partial charge in [0.05, 0.1) is 10.5 Å². The van der Waals surface area contributed by atoms with Crippen LogP contribution >= 0.6 is 11.6 Å². The van der Waals surface area contributed by atoms with Gasteiger partial charge in [0.2, 0.25) is 0 Å². The number of aromatic nitrogens is 1. The van der Waals surface area contributed by atoms with Gasteiger partial charge in [-0.3, -0.25) is 4.79 Å². The van der Waals surface area contributed by atoms with Gasteiger partial charge in [-0.2, -0.15) is 0 Å². The van der Waals surface area contributed by atoms with Crippen LogP contribution in [0.25, 0.3) is 10.9 Å². The van der Waals surface area contributed by atoms with Crippen molar-refractivity contribution < 1.29 is 4.79 Å². The van der Waals surface area contributed by atoms with Gasteiger partial charge in [-0.25, -0.2) is 4.98 Å². The zero-order valence-electron chi connectivity index (χ0n) is 11.1. The molecular weight excluding hydrogens is 260 g/mol. The smallest absolute Gasteiger partial charge is 0.269 e. The number of nitrogens with one attached hydrogen (secondary N) is 1. The number of para-hydroxylation sites is 1. The third-order valence-electron chi connectivity index (χ3n) is 3.21. The number of amides is 1. The Hall–Kier alpha value is -1.61. The number of carbonyl (C=O) groups is 1. The Balaban J connectivity index is 2.23. The van der Waals surface area contributed by atoms with E-state index in [1.54, 1.807) is 6.07 Å². The summed E-state index contributed by atoms with van der Waals surface area (Å²) in [6.07, 6.45) is 1.03. The van der Waals surface area contributed by atoms with Crippen LogP contribution in [-0.4, -0.2) is 17.4 Å². The van der Waals surface area contributed by atoms with E-state index in [1.807, 2.05) is 24.3 Å². The molecule has 0 saturated heterocycles. The molecule has 0 saturated carbocycles. The molecule has 0 radical (unpaired) electrons. The zero-order chi connectivity index (χ0) is 13.8. The number of hydrogen-bond donors (Lipinski definition) is 1. The van der Waals surface area contributed by atoms with Gasteiger partial charge >= 0.3 is 0 Å². The van der Waals surface area contributed by atoms with Crippen molar-refractivity contribution in [1.82, 2.24) is 10.3 Å². The summed E-state index contributed by atoms with van der Waals surface area (Å²) in [5.41, 5.74) is 1.11. The molecule has 3 nitrogen and oxygen atoms in total. The average molecular weight is 277 g/mol. The molecule has 4 heteroatoms. The molecule has 1 amide bonds. The molecule has 19 heavy (non-hydrogen) atoms. The maximum atomic E-state index is 12.0. The SMILES string of the molecule is CCC(C)CNC(=O)c1cc(Cl)c2ccccc2n1. The predicted octanol–water partition coefficient (Wildman–Crippen LogP) is 3.66. The number of hydrogen-bond acceptors (Lipinski definition) is 2. The lowest BCUT2D eigenvalue weighted by Crippen LogP contribution is -2.28. The first-order valence-electron chi connectivity index (χ1n) is 6.45. The minimum Gasteiger partial charge on any atom is -0.350 e. The molecule has 0 spiro atoms. The van der Waals surface area contributed by atoms with E-state index in [0.717, 1.165) is 17.3 Å². The maximum Gasteiger partial charge on any atom is 0.269 e. The summed E-state index contributed by atoms with van der Waals surface area (Å²) >= 11 is 6.18. The molecule has 0 aliphatic rings. The second kappa shape index (κ2) is 6.02. The van der Waals surface area contributed by atoms with Crippen LogP contribution < -0.4 is 5.32 Å². The molecule has 0 aliphatic carbocycles. The summed E-state index contributed by atoms with van der Waals surface area (Å²) < 4.78 is 0. The minimum atomic E-state index is -0.173. The minimum absolute atomic E-state index is 0.173. The average Bonchev–Trinajstić information content (AvgIpc) is 2.44. The number of benzene rings is 1. The van der Waals surface area contributed by atoms with Crippen molar-refractivity contribution in [3.05, 3.63) is 41.0 Å². The van der Waals surface area contributed by atoms with Crippen LogP contribution in [0.5, 0.6) is 0 Å². The maximum absolute atomic E-state index is 12.0. The van der Waals surface area contributed by atoms with Gasteiger partial charge < -0.3 is 5.32 Å². The summed E-state index contributed by atoms with van der Waals surface area (Å²) in [6.45, 7) is 4.85. The molecule has 2 aromatic rings. The number of halogens is 1. The topological polar surface area (TPSA) is 42.0 Å². The van der Waals surface area contributed by atoms with Crippen molar-refractivity contribution in [2.24, 2.45) is 5.92 Å². The Morgan fingerprint density at radius 1 is 1.42 bits per heavy atom. The van der Waals surface area contributed by atoms with Crippen LogP contribution in [0.15, 0.2) is 30.3 Å². The van der Waals surface area contributed by atoms with Crippen LogP contribution in [0.4, 0.5) is 0 Å². The summed E-state index contributed by atoms with van der Waals surface area (Å²) in [4.78, 5) is 16.4. The monoisotopic (exact) mass is 276 g/mol. The number of rotatable bonds is 4. The van der Waals surface area contributed by atoms with Gasteiger partial charge in [0.15, 0.2) is 0 Å². The first kappa shape index (κ1) is 13.8. The molecule has 0 fully saturated rings.